The zero-order valence-electron chi connectivity index (χ0n) is 8.31. The highest BCUT2D eigenvalue weighted by atomic mass is 79.9. The van der Waals surface area contributed by atoms with Crippen molar-refractivity contribution in [2.24, 2.45) is 0 Å². The Morgan fingerprint density at radius 2 is 2.23 bits per heavy atom. The Kier molecular flexibility index (Phi) is 8.45. The third-order valence-electron chi connectivity index (χ3n) is 1.47. The Labute approximate surface area is 88.4 Å². The number of carbonyl (C=O) groups excluding carboxylic acids is 1. The van der Waals surface area contributed by atoms with Crippen LogP contribution in [0.15, 0.2) is 0 Å². The molecule has 1 atom stereocenters. The number of alkyl halides is 1. The molecule has 1 N–H and O–H groups in total. The van der Waals surface area contributed by atoms with E-state index in [9.17, 15) is 4.79 Å². The topological polar surface area (TPSA) is 38.3 Å². The highest BCUT2D eigenvalue weighted by molar-refractivity contribution is 9.10. The van der Waals surface area contributed by atoms with Gasteiger partial charge in [0.25, 0.3) is 0 Å². The summed E-state index contributed by atoms with van der Waals surface area (Å²) in [7, 11) is 0. The van der Waals surface area contributed by atoms with Crippen LogP contribution in [0.1, 0.15) is 26.7 Å². The van der Waals surface area contributed by atoms with Crippen LogP contribution in [-0.4, -0.2) is 30.5 Å². The van der Waals surface area contributed by atoms with Crippen molar-refractivity contribution in [3.8, 4) is 0 Å². The fourth-order valence-corrected chi connectivity index (χ4v) is 0.935. The molecule has 0 heterocycles. The van der Waals surface area contributed by atoms with Crippen LogP contribution >= 0.6 is 15.9 Å². The fourth-order valence-electron chi connectivity index (χ4n) is 0.773. The summed E-state index contributed by atoms with van der Waals surface area (Å²) in [5, 5.41) is 2.79. The van der Waals surface area contributed by atoms with Crippen LogP contribution in [0.2, 0.25) is 0 Å². The van der Waals surface area contributed by atoms with Crippen LogP contribution in [0.3, 0.4) is 0 Å². The van der Waals surface area contributed by atoms with E-state index < -0.39 is 0 Å². The van der Waals surface area contributed by atoms with E-state index in [4.69, 9.17) is 4.74 Å². The van der Waals surface area contributed by atoms with Gasteiger partial charge in [-0.05, 0) is 19.8 Å². The molecule has 13 heavy (non-hydrogen) atoms. The first-order valence-corrected chi connectivity index (χ1v) is 5.59. The van der Waals surface area contributed by atoms with Crippen molar-refractivity contribution in [3.63, 3.8) is 0 Å². The van der Waals surface area contributed by atoms with Crippen molar-refractivity contribution in [1.29, 1.82) is 0 Å². The minimum absolute atomic E-state index is 0.0375. The molecule has 0 aromatic rings. The van der Waals surface area contributed by atoms with Gasteiger partial charge in [0.15, 0.2) is 0 Å². The lowest BCUT2D eigenvalue weighted by Crippen LogP contribution is -2.30. The molecule has 0 aliphatic carbocycles. The molecule has 0 spiro atoms. The van der Waals surface area contributed by atoms with Crippen molar-refractivity contribution >= 4 is 21.8 Å². The maximum atomic E-state index is 11.0. The highest BCUT2D eigenvalue weighted by Gasteiger charge is 2.06. The Morgan fingerprint density at radius 3 is 2.77 bits per heavy atom. The second-order valence-electron chi connectivity index (χ2n) is 2.87. The first-order chi connectivity index (χ1) is 6.18. The average Bonchev–Trinajstić information content (AvgIpc) is 2.10. The molecule has 0 bridgehead atoms. The minimum atomic E-state index is -0.107. The lowest BCUT2D eigenvalue weighted by atomic mass is 10.4. The zero-order valence-corrected chi connectivity index (χ0v) is 9.89. The molecule has 0 rings (SSSR count). The van der Waals surface area contributed by atoms with Gasteiger partial charge in [-0.25, -0.2) is 0 Å². The number of carbonyl (C=O) groups is 1. The zero-order chi connectivity index (χ0) is 10.1. The molecule has 0 fully saturated rings. The number of ether oxygens (including phenoxy) is 1. The molecule has 1 amide bonds. The molecule has 0 aromatic carbocycles. The van der Waals surface area contributed by atoms with Crippen LogP contribution in [0, 0.1) is 0 Å². The maximum absolute atomic E-state index is 11.0. The van der Waals surface area contributed by atoms with Crippen molar-refractivity contribution < 1.29 is 9.53 Å². The first-order valence-electron chi connectivity index (χ1n) is 4.68. The Morgan fingerprint density at radius 1 is 1.54 bits per heavy atom. The number of nitrogens with one attached hydrogen (secondary N) is 1. The third kappa shape index (κ3) is 8.25. The smallest absolute Gasteiger partial charge is 0.233 e. The van der Waals surface area contributed by atoms with E-state index in [1.807, 2.05) is 6.92 Å². The van der Waals surface area contributed by atoms with E-state index in [-0.39, 0.29) is 10.7 Å². The summed E-state index contributed by atoms with van der Waals surface area (Å²) in [5.74, 6) is 0.0375. The number of hydrogen-bond donors (Lipinski definition) is 1. The Balaban J connectivity index is 3.12. The summed E-state index contributed by atoms with van der Waals surface area (Å²) in [4.78, 5) is 10.9. The Bertz CT molecular complexity index is 140. The molecular formula is C9H18BrNO2. The number of amides is 1. The average molecular weight is 252 g/mol. The SMILES string of the molecule is CCCOCCCNC(=O)C(C)Br. The van der Waals surface area contributed by atoms with Gasteiger partial charge in [-0.3, -0.25) is 4.79 Å². The number of halogens is 1. The second-order valence-corrected chi connectivity index (χ2v) is 4.25. The van der Waals surface area contributed by atoms with Crippen LogP contribution < -0.4 is 5.32 Å². The quantitative estimate of drug-likeness (QED) is 0.553. The summed E-state index contributed by atoms with van der Waals surface area (Å²) in [6.07, 6.45) is 1.93. The number of rotatable bonds is 7. The number of hydrogen-bond acceptors (Lipinski definition) is 2. The van der Waals surface area contributed by atoms with E-state index in [0.29, 0.717) is 6.54 Å². The maximum Gasteiger partial charge on any atom is 0.233 e. The second kappa shape index (κ2) is 8.51. The summed E-state index contributed by atoms with van der Waals surface area (Å²) >= 11 is 3.19. The van der Waals surface area contributed by atoms with Crippen molar-refractivity contribution in [3.05, 3.63) is 0 Å². The largest absolute Gasteiger partial charge is 0.381 e. The molecule has 4 heteroatoms. The molecular weight excluding hydrogens is 234 g/mol. The molecule has 0 aromatic heterocycles. The van der Waals surface area contributed by atoms with Crippen LogP contribution in [0.5, 0.6) is 0 Å². The molecule has 0 radical (unpaired) electrons. The summed E-state index contributed by atoms with van der Waals surface area (Å²) in [6.45, 7) is 6.11. The lowest BCUT2D eigenvalue weighted by molar-refractivity contribution is -0.120. The molecule has 1 unspecified atom stereocenters. The molecule has 0 saturated carbocycles. The highest BCUT2D eigenvalue weighted by Crippen LogP contribution is 1.95. The van der Waals surface area contributed by atoms with Gasteiger partial charge in [0, 0.05) is 19.8 Å². The van der Waals surface area contributed by atoms with E-state index in [1.54, 1.807) is 0 Å². The van der Waals surface area contributed by atoms with E-state index in [1.165, 1.54) is 0 Å². The van der Waals surface area contributed by atoms with Crippen molar-refractivity contribution in [1.82, 2.24) is 5.32 Å². The standard InChI is InChI=1S/C9H18BrNO2/c1-3-6-13-7-4-5-11-9(12)8(2)10/h8H,3-7H2,1-2H3,(H,11,12). The molecule has 0 aliphatic heterocycles. The van der Waals surface area contributed by atoms with Gasteiger partial charge in [-0.2, -0.15) is 0 Å². The molecule has 3 nitrogen and oxygen atoms in total. The van der Waals surface area contributed by atoms with Gasteiger partial charge in [0.05, 0.1) is 4.83 Å². The van der Waals surface area contributed by atoms with Crippen LogP contribution in [-0.2, 0) is 9.53 Å². The van der Waals surface area contributed by atoms with Crippen LogP contribution in [0.4, 0.5) is 0 Å². The van der Waals surface area contributed by atoms with E-state index in [2.05, 4.69) is 28.2 Å². The van der Waals surface area contributed by atoms with Gasteiger partial charge in [0.1, 0.15) is 0 Å². The lowest BCUT2D eigenvalue weighted by Gasteiger charge is -2.06. The van der Waals surface area contributed by atoms with Gasteiger partial charge in [-0.1, -0.05) is 22.9 Å². The summed E-state index contributed by atoms with van der Waals surface area (Å²) in [5.41, 5.74) is 0. The van der Waals surface area contributed by atoms with Crippen molar-refractivity contribution in [2.75, 3.05) is 19.8 Å². The minimum Gasteiger partial charge on any atom is -0.381 e. The van der Waals surface area contributed by atoms with Gasteiger partial charge in [-0.15, -0.1) is 0 Å². The van der Waals surface area contributed by atoms with Gasteiger partial charge >= 0.3 is 0 Å². The predicted octanol–water partition coefficient (Wildman–Crippen LogP) is 1.70. The molecule has 0 saturated heterocycles. The molecule has 78 valence electrons. The third-order valence-corrected chi connectivity index (χ3v) is 1.89. The normalized spacial score (nSPS) is 12.5. The first kappa shape index (κ1) is 12.9. The Hall–Kier alpha value is -0.0900. The summed E-state index contributed by atoms with van der Waals surface area (Å²) < 4.78 is 5.26. The predicted molar refractivity (Wildman–Crippen MR) is 57.1 cm³/mol. The van der Waals surface area contributed by atoms with Gasteiger partial charge < -0.3 is 10.1 Å². The molecule has 0 aliphatic rings. The van der Waals surface area contributed by atoms with E-state index >= 15 is 0 Å². The fraction of sp³-hybridized carbons (Fsp3) is 0.889. The van der Waals surface area contributed by atoms with E-state index in [0.717, 1.165) is 26.1 Å². The van der Waals surface area contributed by atoms with Crippen LogP contribution in [0.25, 0.3) is 0 Å². The monoisotopic (exact) mass is 251 g/mol. The van der Waals surface area contributed by atoms with Gasteiger partial charge in [0.2, 0.25) is 5.91 Å². The summed E-state index contributed by atoms with van der Waals surface area (Å²) in [6, 6.07) is 0. The van der Waals surface area contributed by atoms with Crippen molar-refractivity contribution in [2.45, 2.75) is 31.5 Å².